The molecule has 1 aromatic heterocycles. The summed E-state index contributed by atoms with van der Waals surface area (Å²) in [5.74, 6) is -0.235. The maximum atomic E-state index is 11.1. The van der Waals surface area contributed by atoms with Gasteiger partial charge in [0, 0.05) is 10.9 Å². The van der Waals surface area contributed by atoms with Crippen molar-refractivity contribution in [3.05, 3.63) is 39.7 Å². The van der Waals surface area contributed by atoms with Gasteiger partial charge in [0.25, 0.3) is 5.56 Å². The minimum absolute atomic E-state index is 0.235. The van der Waals surface area contributed by atoms with E-state index in [9.17, 15) is 9.90 Å². The van der Waals surface area contributed by atoms with Gasteiger partial charge >= 0.3 is 0 Å². The van der Waals surface area contributed by atoms with E-state index in [0.717, 1.165) is 22.0 Å². The predicted octanol–water partition coefficient (Wildman–Crippen LogP) is 1.85. The number of rotatable bonds is 0. The van der Waals surface area contributed by atoms with Crippen LogP contribution < -0.4 is 5.56 Å². The van der Waals surface area contributed by atoms with E-state index in [2.05, 4.69) is 4.98 Å². The smallest absolute Gasteiger partial charge is 0.290 e. The molecule has 3 nitrogen and oxygen atoms in total. The average molecular weight is 189 g/mol. The Balaban J connectivity index is 2.90. The van der Waals surface area contributed by atoms with Crippen LogP contribution in [-0.2, 0) is 0 Å². The van der Waals surface area contributed by atoms with E-state index in [-0.39, 0.29) is 5.75 Å². The van der Waals surface area contributed by atoms with Gasteiger partial charge in [-0.05, 0) is 43.2 Å². The summed E-state index contributed by atoms with van der Waals surface area (Å²) < 4.78 is 0. The average Bonchev–Trinajstić information content (AvgIpc) is 2.11. The van der Waals surface area contributed by atoms with Crippen LogP contribution in [0.4, 0.5) is 0 Å². The van der Waals surface area contributed by atoms with Crippen molar-refractivity contribution in [3.63, 3.8) is 0 Å². The number of aryl methyl sites for hydroxylation is 2. The molecule has 14 heavy (non-hydrogen) atoms. The van der Waals surface area contributed by atoms with Crippen LogP contribution in [0.25, 0.3) is 10.9 Å². The molecule has 0 aliphatic rings. The Kier molecular flexibility index (Phi) is 1.81. The summed E-state index contributed by atoms with van der Waals surface area (Å²) in [6.45, 7) is 3.98. The Morgan fingerprint density at radius 3 is 2.50 bits per heavy atom. The first-order valence-corrected chi connectivity index (χ1v) is 4.41. The third-order valence-electron chi connectivity index (χ3n) is 2.44. The first kappa shape index (κ1) is 8.81. The van der Waals surface area contributed by atoms with Gasteiger partial charge in [-0.15, -0.1) is 0 Å². The highest BCUT2D eigenvalue weighted by molar-refractivity contribution is 5.81. The number of H-pyrrole nitrogens is 1. The molecule has 0 amide bonds. The van der Waals surface area contributed by atoms with Crippen LogP contribution in [0.3, 0.4) is 0 Å². The molecular weight excluding hydrogens is 178 g/mol. The minimum atomic E-state index is -0.444. The van der Waals surface area contributed by atoms with E-state index in [1.165, 1.54) is 6.07 Å². The highest BCUT2D eigenvalue weighted by Gasteiger charge is 2.02. The third-order valence-corrected chi connectivity index (χ3v) is 2.44. The number of hydrogen-bond donors (Lipinski definition) is 2. The summed E-state index contributed by atoms with van der Waals surface area (Å²) in [5, 5.41) is 10.1. The molecule has 2 aromatic rings. The molecule has 0 radical (unpaired) electrons. The second-order valence-corrected chi connectivity index (χ2v) is 3.51. The zero-order chi connectivity index (χ0) is 10.3. The number of fused-ring (bicyclic) bond motifs is 1. The van der Waals surface area contributed by atoms with Crippen molar-refractivity contribution in [3.8, 4) is 5.75 Å². The molecule has 0 bridgehead atoms. The number of pyridine rings is 1. The summed E-state index contributed by atoms with van der Waals surface area (Å²) >= 11 is 0. The molecule has 1 aromatic carbocycles. The van der Waals surface area contributed by atoms with Crippen LogP contribution >= 0.6 is 0 Å². The topological polar surface area (TPSA) is 53.1 Å². The molecule has 0 fully saturated rings. The summed E-state index contributed by atoms with van der Waals surface area (Å²) in [7, 11) is 0. The number of nitrogens with one attached hydrogen (secondary N) is 1. The van der Waals surface area contributed by atoms with E-state index >= 15 is 0 Å². The zero-order valence-electron chi connectivity index (χ0n) is 8.09. The lowest BCUT2D eigenvalue weighted by Crippen LogP contribution is -2.04. The van der Waals surface area contributed by atoms with Crippen molar-refractivity contribution < 1.29 is 5.11 Å². The predicted molar refractivity (Wildman–Crippen MR) is 55.7 cm³/mol. The maximum absolute atomic E-state index is 11.1. The molecule has 72 valence electrons. The van der Waals surface area contributed by atoms with Crippen molar-refractivity contribution >= 4 is 10.9 Å². The molecule has 0 unspecified atom stereocenters. The van der Waals surface area contributed by atoms with E-state index < -0.39 is 5.56 Å². The lowest BCUT2D eigenvalue weighted by atomic mass is 10.1. The van der Waals surface area contributed by atoms with Crippen LogP contribution in [0.5, 0.6) is 5.75 Å². The van der Waals surface area contributed by atoms with Crippen molar-refractivity contribution in [2.45, 2.75) is 13.8 Å². The van der Waals surface area contributed by atoms with Crippen LogP contribution in [0.15, 0.2) is 23.0 Å². The van der Waals surface area contributed by atoms with E-state index in [1.54, 1.807) is 0 Å². The van der Waals surface area contributed by atoms with E-state index in [1.807, 2.05) is 26.0 Å². The van der Waals surface area contributed by atoms with Crippen molar-refractivity contribution in [2.75, 3.05) is 0 Å². The normalized spacial score (nSPS) is 10.7. The van der Waals surface area contributed by atoms with Gasteiger partial charge in [-0.3, -0.25) is 4.79 Å². The van der Waals surface area contributed by atoms with Crippen LogP contribution in [0.1, 0.15) is 11.1 Å². The Morgan fingerprint density at radius 1 is 1.14 bits per heavy atom. The lowest BCUT2D eigenvalue weighted by molar-refractivity contribution is 0.468. The van der Waals surface area contributed by atoms with Crippen molar-refractivity contribution in [2.24, 2.45) is 0 Å². The Hall–Kier alpha value is -1.77. The van der Waals surface area contributed by atoms with E-state index in [4.69, 9.17) is 0 Å². The highest BCUT2D eigenvalue weighted by Crippen LogP contribution is 2.18. The molecule has 0 saturated carbocycles. The second-order valence-electron chi connectivity index (χ2n) is 3.51. The molecular formula is C11H11NO2. The van der Waals surface area contributed by atoms with Crippen LogP contribution in [0, 0.1) is 13.8 Å². The minimum Gasteiger partial charge on any atom is -0.503 e. The van der Waals surface area contributed by atoms with Crippen LogP contribution in [0.2, 0.25) is 0 Å². The third kappa shape index (κ3) is 1.27. The Morgan fingerprint density at radius 2 is 1.79 bits per heavy atom. The van der Waals surface area contributed by atoms with Gasteiger partial charge in [-0.25, -0.2) is 0 Å². The van der Waals surface area contributed by atoms with Gasteiger partial charge in [0.05, 0.1) is 0 Å². The van der Waals surface area contributed by atoms with Gasteiger partial charge in [0.1, 0.15) is 0 Å². The molecule has 1 heterocycles. The first-order chi connectivity index (χ1) is 6.58. The summed E-state index contributed by atoms with van der Waals surface area (Å²) in [4.78, 5) is 13.7. The fraction of sp³-hybridized carbons (Fsp3) is 0.182. The number of aromatic nitrogens is 1. The van der Waals surface area contributed by atoms with Crippen molar-refractivity contribution in [1.82, 2.24) is 4.98 Å². The summed E-state index contributed by atoms with van der Waals surface area (Å²) in [6.07, 6.45) is 0. The fourth-order valence-corrected chi connectivity index (χ4v) is 1.47. The van der Waals surface area contributed by atoms with Gasteiger partial charge in [0.2, 0.25) is 0 Å². The van der Waals surface area contributed by atoms with Gasteiger partial charge in [0.15, 0.2) is 5.75 Å². The molecule has 3 heteroatoms. The quantitative estimate of drug-likeness (QED) is 0.664. The maximum Gasteiger partial charge on any atom is 0.290 e. The number of aromatic hydroxyl groups is 1. The molecule has 2 rings (SSSR count). The molecule has 0 spiro atoms. The Bertz CT molecular complexity index is 555. The number of hydrogen-bond acceptors (Lipinski definition) is 2. The van der Waals surface area contributed by atoms with Crippen molar-refractivity contribution in [1.29, 1.82) is 0 Å². The van der Waals surface area contributed by atoms with Crippen LogP contribution in [-0.4, -0.2) is 10.1 Å². The molecule has 0 atom stereocenters. The highest BCUT2D eigenvalue weighted by atomic mass is 16.3. The van der Waals surface area contributed by atoms with Gasteiger partial charge < -0.3 is 10.1 Å². The molecule has 2 N–H and O–H groups in total. The largest absolute Gasteiger partial charge is 0.503 e. The number of benzene rings is 1. The standard InChI is InChI=1S/C11H11NO2/c1-6-3-8-5-10(13)11(14)12-9(8)4-7(6)2/h3-5,13H,1-2H3,(H,12,14). The summed E-state index contributed by atoms with van der Waals surface area (Å²) in [6, 6.07) is 5.34. The number of aromatic amines is 1. The molecule has 0 aliphatic heterocycles. The monoisotopic (exact) mass is 189 g/mol. The zero-order valence-corrected chi connectivity index (χ0v) is 8.09. The Labute approximate surface area is 81.0 Å². The van der Waals surface area contributed by atoms with Gasteiger partial charge in [-0.2, -0.15) is 0 Å². The SMILES string of the molecule is Cc1cc2cc(O)c(=O)[nH]c2cc1C. The fourth-order valence-electron chi connectivity index (χ4n) is 1.47. The first-order valence-electron chi connectivity index (χ1n) is 4.41. The van der Waals surface area contributed by atoms with Gasteiger partial charge in [-0.1, -0.05) is 0 Å². The molecule has 0 saturated heterocycles. The molecule has 0 aliphatic carbocycles. The lowest BCUT2D eigenvalue weighted by Gasteiger charge is -2.03. The second kappa shape index (κ2) is 2.87. The van der Waals surface area contributed by atoms with E-state index in [0.29, 0.717) is 0 Å². The summed E-state index contributed by atoms with van der Waals surface area (Å²) in [5.41, 5.74) is 2.58.